The second-order valence-corrected chi connectivity index (χ2v) is 6.57. The molecule has 0 saturated carbocycles. The Balaban J connectivity index is 0. The number of carbonyl (C=O) groups is 1. The van der Waals surface area contributed by atoms with Crippen molar-refractivity contribution in [2.75, 3.05) is 0 Å². The SMILES string of the molecule is CC(C)CCCCCCCCCCCCCCC(=O)O.[Mg]. The Kier molecular flexibility index (Phi) is 20.5. The highest BCUT2D eigenvalue weighted by Crippen LogP contribution is 2.14. The molecule has 2 nitrogen and oxygen atoms in total. The summed E-state index contributed by atoms with van der Waals surface area (Å²) in [6.45, 7) is 4.61. The molecular formula is C18H36MgO2. The van der Waals surface area contributed by atoms with Gasteiger partial charge in [-0.05, 0) is 12.3 Å². The molecule has 1 N–H and O–H groups in total. The summed E-state index contributed by atoms with van der Waals surface area (Å²) in [6.07, 6.45) is 17.3. The molecule has 0 heterocycles. The Hall–Kier alpha value is 0.236. The van der Waals surface area contributed by atoms with Crippen molar-refractivity contribution in [1.82, 2.24) is 0 Å². The zero-order valence-electron chi connectivity index (χ0n) is 14.5. The molecule has 0 amide bonds. The molecule has 2 radical (unpaired) electrons. The van der Waals surface area contributed by atoms with Gasteiger partial charge in [0.15, 0.2) is 0 Å². The molecule has 0 aliphatic rings. The number of carboxylic acid groups (broad SMARTS) is 1. The minimum atomic E-state index is -0.654. The molecule has 0 aromatic carbocycles. The van der Waals surface area contributed by atoms with E-state index >= 15 is 0 Å². The molecule has 0 unspecified atom stereocenters. The van der Waals surface area contributed by atoms with E-state index in [2.05, 4.69) is 13.8 Å². The molecule has 0 atom stereocenters. The average Bonchev–Trinajstić information content (AvgIpc) is 2.38. The van der Waals surface area contributed by atoms with Crippen molar-refractivity contribution in [2.45, 2.75) is 104 Å². The summed E-state index contributed by atoms with van der Waals surface area (Å²) in [4.78, 5) is 10.3. The number of hydrogen-bond acceptors (Lipinski definition) is 1. The van der Waals surface area contributed by atoms with E-state index in [4.69, 9.17) is 5.11 Å². The van der Waals surface area contributed by atoms with Crippen molar-refractivity contribution in [3.8, 4) is 0 Å². The molecule has 0 spiro atoms. The lowest BCUT2D eigenvalue weighted by Crippen LogP contribution is -1.93. The Morgan fingerprint density at radius 3 is 1.38 bits per heavy atom. The largest absolute Gasteiger partial charge is 0.481 e. The topological polar surface area (TPSA) is 37.3 Å². The molecular weight excluding hydrogens is 273 g/mol. The lowest BCUT2D eigenvalue weighted by atomic mass is 10.0. The van der Waals surface area contributed by atoms with Crippen LogP contribution in [0, 0.1) is 5.92 Å². The van der Waals surface area contributed by atoms with Gasteiger partial charge in [-0.1, -0.05) is 90.9 Å². The van der Waals surface area contributed by atoms with Gasteiger partial charge in [0.1, 0.15) is 0 Å². The van der Waals surface area contributed by atoms with E-state index in [0.717, 1.165) is 18.8 Å². The van der Waals surface area contributed by atoms with Crippen LogP contribution in [-0.4, -0.2) is 34.1 Å². The zero-order valence-corrected chi connectivity index (χ0v) is 16.0. The van der Waals surface area contributed by atoms with E-state index in [0.29, 0.717) is 6.42 Å². The number of unbranched alkanes of at least 4 members (excludes halogenated alkanes) is 11. The molecule has 0 aliphatic carbocycles. The van der Waals surface area contributed by atoms with Crippen LogP contribution in [0.1, 0.15) is 104 Å². The van der Waals surface area contributed by atoms with Crippen LogP contribution < -0.4 is 0 Å². The Morgan fingerprint density at radius 2 is 1.05 bits per heavy atom. The van der Waals surface area contributed by atoms with E-state index < -0.39 is 5.97 Å². The second kappa shape index (κ2) is 18.3. The monoisotopic (exact) mass is 308 g/mol. The van der Waals surface area contributed by atoms with Crippen LogP contribution in [0.15, 0.2) is 0 Å². The van der Waals surface area contributed by atoms with Crippen molar-refractivity contribution >= 4 is 29.0 Å². The van der Waals surface area contributed by atoms with Crippen LogP contribution in [0.25, 0.3) is 0 Å². The maximum absolute atomic E-state index is 10.3. The number of aliphatic carboxylic acids is 1. The predicted octanol–water partition coefficient (Wildman–Crippen LogP) is 5.81. The van der Waals surface area contributed by atoms with Crippen molar-refractivity contribution < 1.29 is 9.90 Å². The van der Waals surface area contributed by atoms with Crippen molar-refractivity contribution in [1.29, 1.82) is 0 Å². The van der Waals surface area contributed by atoms with Gasteiger partial charge in [-0.2, -0.15) is 0 Å². The Morgan fingerprint density at radius 1 is 0.714 bits per heavy atom. The van der Waals surface area contributed by atoms with Crippen LogP contribution in [0.3, 0.4) is 0 Å². The van der Waals surface area contributed by atoms with Crippen LogP contribution in [0.2, 0.25) is 0 Å². The Labute approximate surface area is 148 Å². The maximum atomic E-state index is 10.3. The lowest BCUT2D eigenvalue weighted by molar-refractivity contribution is -0.137. The third-order valence-electron chi connectivity index (χ3n) is 3.92. The predicted molar refractivity (Wildman–Crippen MR) is 92.9 cm³/mol. The molecule has 0 rings (SSSR count). The summed E-state index contributed by atoms with van der Waals surface area (Å²) in [5, 5.41) is 8.52. The van der Waals surface area contributed by atoms with Gasteiger partial charge in [-0.3, -0.25) is 4.79 Å². The molecule has 0 aromatic rings. The molecule has 0 aliphatic heterocycles. The third kappa shape index (κ3) is 22.7. The summed E-state index contributed by atoms with van der Waals surface area (Å²) < 4.78 is 0. The van der Waals surface area contributed by atoms with Crippen LogP contribution in [0.5, 0.6) is 0 Å². The molecule has 0 fully saturated rings. The first-order chi connectivity index (χ1) is 9.63. The summed E-state index contributed by atoms with van der Waals surface area (Å²) in [7, 11) is 0. The minimum Gasteiger partial charge on any atom is -0.481 e. The summed E-state index contributed by atoms with van der Waals surface area (Å²) in [6, 6.07) is 0. The molecule has 0 bridgehead atoms. The van der Waals surface area contributed by atoms with E-state index in [1.165, 1.54) is 70.6 Å². The van der Waals surface area contributed by atoms with Gasteiger partial charge in [0.25, 0.3) is 0 Å². The summed E-state index contributed by atoms with van der Waals surface area (Å²) >= 11 is 0. The zero-order chi connectivity index (χ0) is 15.1. The number of hydrogen-bond donors (Lipinski definition) is 1. The molecule has 0 aromatic heterocycles. The summed E-state index contributed by atoms with van der Waals surface area (Å²) in [5.41, 5.74) is 0. The maximum Gasteiger partial charge on any atom is 0.303 e. The number of rotatable bonds is 15. The first-order valence-electron chi connectivity index (χ1n) is 8.84. The van der Waals surface area contributed by atoms with Crippen molar-refractivity contribution in [3.63, 3.8) is 0 Å². The van der Waals surface area contributed by atoms with Gasteiger partial charge in [0.05, 0.1) is 0 Å². The van der Waals surface area contributed by atoms with Gasteiger partial charge >= 0.3 is 5.97 Å². The van der Waals surface area contributed by atoms with Gasteiger partial charge < -0.3 is 5.11 Å². The average molecular weight is 309 g/mol. The highest BCUT2D eigenvalue weighted by molar-refractivity contribution is 5.75. The van der Waals surface area contributed by atoms with Crippen LogP contribution in [0.4, 0.5) is 0 Å². The first-order valence-corrected chi connectivity index (χ1v) is 8.84. The number of carboxylic acids is 1. The van der Waals surface area contributed by atoms with Gasteiger partial charge in [-0.25, -0.2) is 0 Å². The van der Waals surface area contributed by atoms with E-state index in [-0.39, 0.29) is 23.1 Å². The van der Waals surface area contributed by atoms with Gasteiger partial charge in [0, 0.05) is 29.5 Å². The lowest BCUT2D eigenvalue weighted by Gasteiger charge is -2.04. The fourth-order valence-electron chi connectivity index (χ4n) is 2.60. The first kappa shape index (κ1) is 23.5. The van der Waals surface area contributed by atoms with Crippen molar-refractivity contribution in [2.24, 2.45) is 5.92 Å². The molecule has 0 saturated heterocycles. The van der Waals surface area contributed by atoms with Gasteiger partial charge in [0.2, 0.25) is 0 Å². The van der Waals surface area contributed by atoms with E-state index in [1.807, 2.05) is 0 Å². The third-order valence-corrected chi connectivity index (χ3v) is 3.92. The summed E-state index contributed by atoms with van der Waals surface area (Å²) in [5.74, 6) is 0.212. The molecule has 3 heteroatoms. The second-order valence-electron chi connectivity index (χ2n) is 6.57. The smallest absolute Gasteiger partial charge is 0.303 e. The minimum absolute atomic E-state index is 0. The van der Waals surface area contributed by atoms with Crippen LogP contribution in [-0.2, 0) is 4.79 Å². The van der Waals surface area contributed by atoms with E-state index in [9.17, 15) is 4.79 Å². The highest BCUT2D eigenvalue weighted by atomic mass is 24.3. The fourth-order valence-corrected chi connectivity index (χ4v) is 2.60. The highest BCUT2D eigenvalue weighted by Gasteiger charge is 1.97. The Bertz CT molecular complexity index is 217. The standard InChI is InChI=1S/C18H36O2.Mg/c1-17(2)15-13-11-9-7-5-3-4-6-8-10-12-14-16-18(19)20;/h17H,3-16H2,1-2H3,(H,19,20);. The molecule has 21 heavy (non-hydrogen) atoms. The van der Waals surface area contributed by atoms with Crippen LogP contribution >= 0.6 is 0 Å². The normalized spacial score (nSPS) is 10.6. The molecule has 122 valence electrons. The van der Waals surface area contributed by atoms with Gasteiger partial charge in [-0.15, -0.1) is 0 Å². The fraction of sp³-hybridized carbons (Fsp3) is 0.944. The van der Waals surface area contributed by atoms with E-state index in [1.54, 1.807) is 0 Å². The van der Waals surface area contributed by atoms with Crippen molar-refractivity contribution in [3.05, 3.63) is 0 Å². The quantitative estimate of drug-likeness (QED) is 0.306.